The molecule has 0 fully saturated rings. The van der Waals surface area contributed by atoms with Crippen LogP contribution >= 0.6 is 0 Å². The van der Waals surface area contributed by atoms with E-state index in [1.54, 1.807) is 6.21 Å². The summed E-state index contributed by atoms with van der Waals surface area (Å²) in [5.41, 5.74) is 0.831. The third-order valence-corrected chi connectivity index (χ3v) is 1.55. The zero-order valence-electron chi connectivity index (χ0n) is 6.91. The Balaban J connectivity index is 2.05. The van der Waals surface area contributed by atoms with Gasteiger partial charge < -0.3 is 0 Å². The highest BCUT2D eigenvalue weighted by atomic mass is 15.2. The minimum Gasteiger partial charge on any atom is -0.245 e. The minimum atomic E-state index is -0.236. The second-order valence-corrected chi connectivity index (χ2v) is 2.53. The number of rotatable bonds is 2. The summed E-state index contributed by atoms with van der Waals surface area (Å²) >= 11 is 0. The number of hydrogen-bond acceptors (Lipinski definition) is 4. The van der Waals surface area contributed by atoms with Crippen molar-refractivity contribution in [3.05, 3.63) is 30.3 Å². The van der Waals surface area contributed by atoms with Crippen molar-refractivity contribution in [2.75, 3.05) is 0 Å². The Labute approximate surface area is 75.8 Å². The maximum atomic E-state index is 4.01. The maximum Gasteiger partial charge on any atom is 0.197 e. The maximum absolute atomic E-state index is 4.01. The lowest BCUT2D eigenvalue weighted by Crippen LogP contribution is -1.94. The van der Waals surface area contributed by atoms with E-state index in [1.165, 1.54) is 6.34 Å². The van der Waals surface area contributed by atoms with Gasteiger partial charge in [-0.1, -0.05) is 18.2 Å². The van der Waals surface area contributed by atoms with Gasteiger partial charge in [-0.15, -0.1) is 0 Å². The molecule has 1 unspecified atom stereocenters. The van der Waals surface area contributed by atoms with Crippen LogP contribution in [0.2, 0.25) is 0 Å². The topological polar surface area (TPSA) is 49.4 Å². The number of benzene rings is 1. The van der Waals surface area contributed by atoms with Gasteiger partial charge in [-0.3, -0.25) is 0 Å². The molecule has 0 aromatic heterocycles. The van der Waals surface area contributed by atoms with E-state index in [2.05, 4.69) is 20.2 Å². The molecule has 4 heteroatoms. The standard InChI is InChI=1S/C9H8N4/c1-2-4-8(5-3-1)12-13-9-6-10-7-11-9/h1-7,9H/b13-12+. The number of nitrogens with zero attached hydrogens (tertiary/aromatic N) is 4. The predicted octanol–water partition coefficient (Wildman–Crippen LogP) is 2.21. The van der Waals surface area contributed by atoms with Gasteiger partial charge in [0.1, 0.15) is 6.34 Å². The third-order valence-electron chi connectivity index (χ3n) is 1.55. The van der Waals surface area contributed by atoms with Gasteiger partial charge in [-0.2, -0.15) is 10.2 Å². The first kappa shape index (κ1) is 7.79. The van der Waals surface area contributed by atoms with Crippen LogP contribution < -0.4 is 0 Å². The van der Waals surface area contributed by atoms with Crippen molar-refractivity contribution in [1.82, 2.24) is 0 Å². The van der Waals surface area contributed by atoms with Gasteiger partial charge in [0.05, 0.1) is 11.9 Å². The Bertz CT molecular complexity index is 341. The summed E-state index contributed by atoms with van der Waals surface area (Å²) < 4.78 is 0. The number of aliphatic imine (C=N–C) groups is 2. The summed E-state index contributed by atoms with van der Waals surface area (Å²) in [7, 11) is 0. The van der Waals surface area contributed by atoms with E-state index < -0.39 is 0 Å². The van der Waals surface area contributed by atoms with Crippen molar-refractivity contribution in [2.24, 2.45) is 20.2 Å². The molecule has 1 aliphatic heterocycles. The minimum absolute atomic E-state index is 0.236. The average molecular weight is 172 g/mol. The van der Waals surface area contributed by atoms with Crippen LogP contribution in [0.1, 0.15) is 0 Å². The first-order chi connectivity index (χ1) is 6.45. The summed E-state index contributed by atoms with van der Waals surface area (Å²) in [6.07, 6.45) is 2.89. The lowest BCUT2D eigenvalue weighted by molar-refractivity contribution is 0.884. The Morgan fingerprint density at radius 2 is 2.00 bits per heavy atom. The highest BCUT2D eigenvalue weighted by Gasteiger charge is 2.01. The molecule has 0 spiro atoms. The molecule has 1 atom stereocenters. The molecule has 13 heavy (non-hydrogen) atoms. The highest BCUT2D eigenvalue weighted by molar-refractivity contribution is 5.81. The van der Waals surface area contributed by atoms with Gasteiger partial charge in [-0.25, -0.2) is 9.98 Å². The lowest BCUT2D eigenvalue weighted by Gasteiger charge is -1.92. The second kappa shape index (κ2) is 3.71. The van der Waals surface area contributed by atoms with Crippen LogP contribution in [-0.2, 0) is 0 Å². The molecule has 1 aromatic rings. The fourth-order valence-electron chi connectivity index (χ4n) is 0.941. The highest BCUT2D eigenvalue weighted by Crippen LogP contribution is 2.11. The van der Waals surface area contributed by atoms with Crippen LogP contribution in [0.25, 0.3) is 0 Å². The summed E-state index contributed by atoms with van der Waals surface area (Å²) in [5, 5.41) is 7.98. The smallest absolute Gasteiger partial charge is 0.197 e. The Hall–Kier alpha value is -1.84. The van der Waals surface area contributed by atoms with Crippen LogP contribution in [0.5, 0.6) is 0 Å². The Morgan fingerprint density at radius 3 is 2.69 bits per heavy atom. The fraction of sp³-hybridized carbons (Fsp3) is 0.111. The van der Waals surface area contributed by atoms with Crippen LogP contribution in [-0.4, -0.2) is 18.7 Å². The van der Waals surface area contributed by atoms with Crippen molar-refractivity contribution in [3.8, 4) is 0 Å². The normalized spacial score (nSPS) is 20.2. The van der Waals surface area contributed by atoms with Gasteiger partial charge in [-0.05, 0) is 12.1 Å². The summed E-state index contributed by atoms with van der Waals surface area (Å²) in [6.45, 7) is 0. The third kappa shape index (κ3) is 2.05. The van der Waals surface area contributed by atoms with Gasteiger partial charge in [0.2, 0.25) is 0 Å². The van der Waals surface area contributed by atoms with E-state index in [0.717, 1.165) is 5.69 Å². The van der Waals surface area contributed by atoms with Crippen LogP contribution in [0.3, 0.4) is 0 Å². The van der Waals surface area contributed by atoms with Crippen molar-refractivity contribution < 1.29 is 0 Å². The van der Waals surface area contributed by atoms with Crippen LogP contribution in [0, 0.1) is 0 Å². The number of azo groups is 1. The van der Waals surface area contributed by atoms with E-state index in [9.17, 15) is 0 Å². The summed E-state index contributed by atoms with van der Waals surface area (Å²) in [5.74, 6) is 0. The monoisotopic (exact) mass is 172 g/mol. The first-order valence-electron chi connectivity index (χ1n) is 3.96. The molecule has 0 N–H and O–H groups in total. The van der Waals surface area contributed by atoms with Crippen molar-refractivity contribution >= 4 is 18.2 Å². The van der Waals surface area contributed by atoms with E-state index in [1.807, 2.05) is 30.3 Å². The molecule has 64 valence electrons. The van der Waals surface area contributed by atoms with E-state index >= 15 is 0 Å². The molecule has 4 nitrogen and oxygen atoms in total. The molecular formula is C9H8N4. The van der Waals surface area contributed by atoms with Crippen LogP contribution in [0.15, 0.2) is 50.5 Å². The molecule has 0 amide bonds. The summed E-state index contributed by atoms with van der Waals surface area (Å²) in [4.78, 5) is 7.75. The molecular weight excluding hydrogens is 164 g/mol. The molecule has 2 rings (SSSR count). The zero-order chi connectivity index (χ0) is 8.93. The van der Waals surface area contributed by atoms with Gasteiger partial charge in [0.15, 0.2) is 6.17 Å². The molecule has 1 aromatic carbocycles. The molecule has 0 radical (unpaired) electrons. The summed E-state index contributed by atoms with van der Waals surface area (Å²) in [6, 6.07) is 9.55. The quantitative estimate of drug-likeness (QED) is 0.614. The van der Waals surface area contributed by atoms with E-state index in [0.29, 0.717) is 0 Å². The number of hydrogen-bond donors (Lipinski definition) is 0. The van der Waals surface area contributed by atoms with Crippen LogP contribution in [0.4, 0.5) is 5.69 Å². The van der Waals surface area contributed by atoms with Crippen molar-refractivity contribution in [2.45, 2.75) is 6.17 Å². The van der Waals surface area contributed by atoms with Crippen molar-refractivity contribution in [3.63, 3.8) is 0 Å². The second-order valence-electron chi connectivity index (χ2n) is 2.53. The van der Waals surface area contributed by atoms with E-state index in [-0.39, 0.29) is 6.17 Å². The molecule has 0 saturated heterocycles. The first-order valence-corrected chi connectivity index (χ1v) is 3.96. The predicted molar refractivity (Wildman–Crippen MR) is 51.7 cm³/mol. The van der Waals surface area contributed by atoms with Gasteiger partial charge in [0.25, 0.3) is 0 Å². The molecule has 1 heterocycles. The average Bonchev–Trinajstić information content (AvgIpc) is 2.69. The molecule has 1 aliphatic rings. The Kier molecular flexibility index (Phi) is 2.22. The zero-order valence-corrected chi connectivity index (χ0v) is 6.91. The van der Waals surface area contributed by atoms with Gasteiger partial charge >= 0.3 is 0 Å². The largest absolute Gasteiger partial charge is 0.245 e. The Morgan fingerprint density at radius 1 is 1.15 bits per heavy atom. The molecule has 0 saturated carbocycles. The lowest BCUT2D eigenvalue weighted by atomic mass is 10.3. The van der Waals surface area contributed by atoms with Gasteiger partial charge in [0, 0.05) is 0 Å². The van der Waals surface area contributed by atoms with Crippen molar-refractivity contribution in [1.29, 1.82) is 0 Å². The fourth-order valence-corrected chi connectivity index (χ4v) is 0.941. The van der Waals surface area contributed by atoms with E-state index in [4.69, 9.17) is 0 Å². The molecule has 0 bridgehead atoms. The molecule has 0 aliphatic carbocycles. The SMILES string of the molecule is C1=NC=NC1/N=N/c1ccccc1.